The molecule has 5 heteroatoms. The maximum absolute atomic E-state index is 12.0. The minimum atomic E-state index is 0.0222. The highest BCUT2D eigenvalue weighted by Gasteiger charge is 2.14. The Labute approximate surface area is 131 Å². The summed E-state index contributed by atoms with van der Waals surface area (Å²) in [4.78, 5) is 14.4. The molecule has 1 fully saturated rings. The first-order chi connectivity index (χ1) is 10.0. The van der Waals surface area contributed by atoms with Crippen molar-refractivity contribution < 1.29 is 4.79 Å². The van der Waals surface area contributed by atoms with Gasteiger partial charge in [-0.2, -0.15) is 0 Å². The lowest BCUT2D eigenvalue weighted by atomic mass is 10.0. The lowest BCUT2D eigenvalue weighted by Gasteiger charge is -2.19. The van der Waals surface area contributed by atoms with Crippen LogP contribution in [0.5, 0.6) is 0 Å². The number of carbonyl (C=O) groups excluding carboxylic acids is 1. The molecular formula is C16H24ClN3O. The van der Waals surface area contributed by atoms with Crippen molar-refractivity contribution in [1.82, 2.24) is 4.90 Å². The molecule has 0 aliphatic carbocycles. The van der Waals surface area contributed by atoms with Gasteiger partial charge in [-0.3, -0.25) is 4.79 Å². The molecule has 1 saturated heterocycles. The monoisotopic (exact) mass is 309 g/mol. The van der Waals surface area contributed by atoms with Gasteiger partial charge >= 0.3 is 0 Å². The van der Waals surface area contributed by atoms with Crippen LogP contribution in [0.3, 0.4) is 0 Å². The van der Waals surface area contributed by atoms with Gasteiger partial charge in [-0.25, -0.2) is 0 Å². The molecule has 1 heterocycles. The van der Waals surface area contributed by atoms with Crippen LogP contribution in [0, 0.1) is 5.92 Å². The first-order valence-electron chi connectivity index (χ1n) is 7.62. The van der Waals surface area contributed by atoms with E-state index in [9.17, 15) is 4.79 Å². The summed E-state index contributed by atoms with van der Waals surface area (Å²) in [5.74, 6) is 0.829. The summed E-state index contributed by atoms with van der Waals surface area (Å²) in [6.07, 6.45) is 4.27. The Balaban J connectivity index is 1.77. The van der Waals surface area contributed by atoms with Crippen molar-refractivity contribution in [3.8, 4) is 0 Å². The zero-order valence-electron chi connectivity index (χ0n) is 12.6. The van der Waals surface area contributed by atoms with Crippen LogP contribution in [0.15, 0.2) is 18.2 Å². The first kappa shape index (κ1) is 16.1. The fourth-order valence-corrected chi connectivity index (χ4v) is 2.77. The van der Waals surface area contributed by atoms with Gasteiger partial charge in [0.2, 0.25) is 5.91 Å². The smallest absolute Gasteiger partial charge is 0.225 e. The molecule has 1 unspecified atom stereocenters. The number of nitrogen functional groups attached to an aromatic ring is 1. The van der Waals surface area contributed by atoms with Crippen LogP contribution in [-0.4, -0.2) is 30.4 Å². The highest BCUT2D eigenvalue weighted by molar-refractivity contribution is 6.33. The zero-order valence-corrected chi connectivity index (χ0v) is 13.3. The van der Waals surface area contributed by atoms with E-state index in [2.05, 4.69) is 17.1 Å². The lowest BCUT2D eigenvalue weighted by Crippen LogP contribution is -2.29. The molecule has 4 nitrogen and oxygen atoms in total. The Bertz CT molecular complexity index is 492. The highest BCUT2D eigenvalue weighted by Crippen LogP contribution is 2.22. The van der Waals surface area contributed by atoms with Gasteiger partial charge in [-0.05, 0) is 56.5 Å². The Morgan fingerprint density at radius 1 is 1.43 bits per heavy atom. The largest absolute Gasteiger partial charge is 0.397 e. The van der Waals surface area contributed by atoms with E-state index in [4.69, 9.17) is 17.3 Å². The number of halogens is 1. The lowest BCUT2D eigenvalue weighted by molar-refractivity contribution is -0.116. The fraction of sp³-hybridized carbons (Fsp3) is 0.562. The van der Waals surface area contributed by atoms with Crippen LogP contribution in [0.2, 0.25) is 5.02 Å². The summed E-state index contributed by atoms with van der Waals surface area (Å²) in [5.41, 5.74) is 6.91. The van der Waals surface area contributed by atoms with Gasteiger partial charge in [0.25, 0.3) is 0 Å². The van der Waals surface area contributed by atoms with Crippen molar-refractivity contribution in [3.63, 3.8) is 0 Å². The highest BCUT2D eigenvalue weighted by atomic mass is 35.5. The SMILES string of the molecule is CC1CCCN(CCC(=O)Nc2ccc(Cl)c(N)c2)CC1. The van der Waals surface area contributed by atoms with Crippen molar-refractivity contribution in [2.75, 3.05) is 30.7 Å². The molecule has 0 radical (unpaired) electrons. The van der Waals surface area contributed by atoms with Gasteiger partial charge in [0.1, 0.15) is 0 Å². The third kappa shape index (κ3) is 5.21. The fourth-order valence-electron chi connectivity index (χ4n) is 2.65. The molecule has 1 amide bonds. The maximum atomic E-state index is 12.0. The Morgan fingerprint density at radius 2 is 2.24 bits per heavy atom. The maximum Gasteiger partial charge on any atom is 0.225 e. The molecule has 3 N–H and O–H groups in total. The van der Waals surface area contributed by atoms with Crippen molar-refractivity contribution in [2.45, 2.75) is 32.6 Å². The summed E-state index contributed by atoms with van der Waals surface area (Å²) in [7, 11) is 0. The number of anilines is 2. The summed E-state index contributed by atoms with van der Waals surface area (Å²) in [5, 5.41) is 3.38. The topological polar surface area (TPSA) is 58.4 Å². The van der Waals surface area contributed by atoms with Crippen molar-refractivity contribution >= 4 is 28.9 Å². The molecule has 1 aliphatic heterocycles. The number of nitrogens with zero attached hydrogens (tertiary/aromatic N) is 1. The quantitative estimate of drug-likeness (QED) is 0.838. The molecule has 0 spiro atoms. The number of carbonyl (C=O) groups is 1. The van der Waals surface area contributed by atoms with Crippen LogP contribution >= 0.6 is 11.6 Å². The van der Waals surface area contributed by atoms with E-state index in [1.54, 1.807) is 18.2 Å². The van der Waals surface area contributed by atoms with Crippen LogP contribution in [0.25, 0.3) is 0 Å². The van der Waals surface area contributed by atoms with E-state index >= 15 is 0 Å². The number of hydrogen-bond donors (Lipinski definition) is 2. The number of amides is 1. The standard InChI is InChI=1S/C16H24ClN3O/c1-12-3-2-8-20(9-6-12)10-7-16(21)19-13-4-5-14(17)15(18)11-13/h4-5,11-12H,2-3,6-10,18H2,1H3,(H,19,21). The predicted molar refractivity (Wildman–Crippen MR) is 88.6 cm³/mol. The predicted octanol–water partition coefficient (Wildman–Crippen LogP) is 3.37. The molecule has 1 aromatic carbocycles. The first-order valence-corrected chi connectivity index (χ1v) is 7.99. The molecule has 0 saturated carbocycles. The van der Waals surface area contributed by atoms with E-state index in [0.29, 0.717) is 22.8 Å². The average Bonchev–Trinajstić information content (AvgIpc) is 2.65. The normalized spacial score (nSPS) is 20.0. The third-order valence-corrected chi connectivity index (χ3v) is 4.39. The van der Waals surface area contributed by atoms with E-state index in [1.807, 2.05) is 0 Å². The molecule has 1 atom stereocenters. The molecule has 0 aromatic heterocycles. The van der Waals surface area contributed by atoms with E-state index < -0.39 is 0 Å². The molecule has 21 heavy (non-hydrogen) atoms. The van der Waals surface area contributed by atoms with Crippen molar-refractivity contribution in [1.29, 1.82) is 0 Å². The average molecular weight is 310 g/mol. The molecule has 116 valence electrons. The molecule has 0 bridgehead atoms. The minimum absolute atomic E-state index is 0.0222. The minimum Gasteiger partial charge on any atom is -0.397 e. The third-order valence-electron chi connectivity index (χ3n) is 4.04. The summed E-state index contributed by atoms with van der Waals surface area (Å²) < 4.78 is 0. The summed E-state index contributed by atoms with van der Waals surface area (Å²) in [6, 6.07) is 5.15. The Kier molecular flexibility index (Phi) is 5.88. The number of benzene rings is 1. The second-order valence-corrected chi connectivity index (χ2v) is 6.32. The van der Waals surface area contributed by atoms with Crippen molar-refractivity contribution in [3.05, 3.63) is 23.2 Å². The van der Waals surface area contributed by atoms with E-state index in [1.165, 1.54) is 19.3 Å². The molecule has 2 rings (SSSR count). The van der Waals surface area contributed by atoms with E-state index in [0.717, 1.165) is 25.6 Å². The van der Waals surface area contributed by atoms with Crippen molar-refractivity contribution in [2.24, 2.45) is 5.92 Å². The second-order valence-electron chi connectivity index (χ2n) is 5.91. The number of hydrogen-bond acceptors (Lipinski definition) is 3. The van der Waals surface area contributed by atoms with Crippen LogP contribution in [-0.2, 0) is 4.79 Å². The Hall–Kier alpha value is -1.26. The van der Waals surface area contributed by atoms with Gasteiger partial charge < -0.3 is 16.0 Å². The second kappa shape index (κ2) is 7.66. The van der Waals surface area contributed by atoms with Gasteiger partial charge in [0.15, 0.2) is 0 Å². The number of likely N-dealkylation sites (tertiary alicyclic amines) is 1. The summed E-state index contributed by atoms with van der Waals surface area (Å²) in [6.45, 7) is 5.33. The van der Waals surface area contributed by atoms with Crippen LogP contribution < -0.4 is 11.1 Å². The van der Waals surface area contributed by atoms with Gasteiger partial charge in [0, 0.05) is 18.7 Å². The van der Waals surface area contributed by atoms with Crippen LogP contribution in [0.1, 0.15) is 32.6 Å². The number of rotatable bonds is 4. The van der Waals surface area contributed by atoms with Gasteiger partial charge in [0.05, 0.1) is 10.7 Å². The van der Waals surface area contributed by atoms with Gasteiger partial charge in [-0.1, -0.05) is 18.5 Å². The number of nitrogens with one attached hydrogen (secondary N) is 1. The molecule has 1 aromatic rings. The summed E-state index contributed by atoms with van der Waals surface area (Å²) >= 11 is 5.86. The number of nitrogens with two attached hydrogens (primary N) is 1. The van der Waals surface area contributed by atoms with Crippen LogP contribution in [0.4, 0.5) is 11.4 Å². The molecular weight excluding hydrogens is 286 g/mol. The molecule has 1 aliphatic rings. The van der Waals surface area contributed by atoms with E-state index in [-0.39, 0.29) is 5.91 Å². The Morgan fingerprint density at radius 3 is 3.00 bits per heavy atom. The van der Waals surface area contributed by atoms with Gasteiger partial charge in [-0.15, -0.1) is 0 Å². The zero-order chi connectivity index (χ0) is 15.2.